The standard InChI is InChI=1S/C21H20BrNO4S/c22-18-8-9-20-16(12-18)11-17(14-28(20,25)26)19-7-4-10-23(19)21(24)27-13-15-5-2-1-3-6-15/h1-3,5-6,8-9,12,14,19H,4,7,10-11,13H2/t19-/m0/s1. The zero-order valence-corrected chi connectivity index (χ0v) is 17.6. The van der Waals surface area contributed by atoms with Gasteiger partial charge in [-0.25, -0.2) is 13.2 Å². The number of rotatable bonds is 3. The van der Waals surface area contributed by atoms with E-state index in [0.717, 1.165) is 34.0 Å². The van der Waals surface area contributed by atoms with Gasteiger partial charge in [0.05, 0.1) is 10.9 Å². The molecule has 1 saturated heterocycles. The first kappa shape index (κ1) is 19.2. The van der Waals surface area contributed by atoms with Crippen LogP contribution in [0.5, 0.6) is 0 Å². The number of carbonyl (C=O) groups excluding carboxylic acids is 1. The van der Waals surface area contributed by atoms with Gasteiger partial charge in [-0.05, 0) is 54.2 Å². The molecular formula is C21H20BrNO4S. The number of halogens is 1. The summed E-state index contributed by atoms with van der Waals surface area (Å²) in [6.07, 6.45) is 1.68. The summed E-state index contributed by atoms with van der Waals surface area (Å²) >= 11 is 3.41. The van der Waals surface area contributed by atoms with Crippen molar-refractivity contribution in [3.63, 3.8) is 0 Å². The first-order chi connectivity index (χ1) is 13.4. The highest BCUT2D eigenvalue weighted by Crippen LogP contribution is 2.35. The minimum atomic E-state index is -3.51. The minimum absolute atomic E-state index is 0.204. The molecule has 2 heterocycles. The lowest BCUT2D eigenvalue weighted by Gasteiger charge is -2.28. The van der Waals surface area contributed by atoms with Crippen LogP contribution >= 0.6 is 15.9 Å². The Morgan fingerprint density at radius 3 is 2.75 bits per heavy atom. The number of likely N-dealkylation sites (tertiary alicyclic amines) is 1. The molecule has 0 aliphatic carbocycles. The number of fused-ring (bicyclic) bond motifs is 1. The highest BCUT2D eigenvalue weighted by Gasteiger charge is 2.36. The van der Waals surface area contributed by atoms with E-state index >= 15 is 0 Å². The van der Waals surface area contributed by atoms with Crippen LogP contribution in [-0.4, -0.2) is 32.0 Å². The molecule has 7 heteroatoms. The minimum Gasteiger partial charge on any atom is -0.445 e. The zero-order valence-electron chi connectivity index (χ0n) is 15.2. The number of benzene rings is 2. The quantitative estimate of drug-likeness (QED) is 0.676. The summed E-state index contributed by atoms with van der Waals surface area (Å²) in [5.74, 6) is 0. The van der Waals surface area contributed by atoms with Gasteiger partial charge < -0.3 is 9.64 Å². The van der Waals surface area contributed by atoms with Crippen LogP contribution in [0.3, 0.4) is 0 Å². The molecule has 4 rings (SSSR count). The number of hydrogen-bond acceptors (Lipinski definition) is 4. The third kappa shape index (κ3) is 3.86. The molecule has 2 aromatic carbocycles. The van der Waals surface area contributed by atoms with E-state index < -0.39 is 15.9 Å². The van der Waals surface area contributed by atoms with Crippen molar-refractivity contribution < 1.29 is 17.9 Å². The van der Waals surface area contributed by atoms with Crippen LogP contribution in [0.4, 0.5) is 4.79 Å². The molecule has 0 unspecified atom stereocenters. The Labute approximate surface area is 173 Å². The van der Waals surface area contributed by atoms with E-state index in [1.807, 2.05) is 36.4 Å². The lowest BCUT2D eigenvalue weighted by Crippen LogP contribution is -2.38. The van der Waals surface area contributed by atoms with Crippen molar-refractivity contribution in [3.05, 3.63) is 75.1 Å². The molecule has 28 heavy (non-hydrogen) atoms. The lowest BCUT2D eigenvalue weighted by atomic mass is 9.98. The summed E-state index contributed by atoms with van der Waals surface area (Å²) in [6, 6.07) is 14.5. The molecule has 0 radical (unpaired) electrons. The largest absolute Gasteiger partial charge is 0.445 e. The summed E-state index contributed by atoms with van der Waals surface area (Å²) < 4.78 is 31.7. The Morgan fingerprint density at radius 2 is 1.96 bits per heavy atom. The average Bonchev–Trinajstić information content (AvgIpc) is 3.16. The number of ether oxygens (including phenoxy) is 1. The molecule has 1 atom stereocenters. The Balaban J connectivity index is 1.53. The van der Waals surface area contributed by atoms with E-state index in [-0.39, 0.29) is 12.6 Å². The number of hydrogen-bond donors (Lipinski definition) is 0. The molecular weight excluding hydrogens is 442 g/mol. The number of nitrogens with zero attached hydrogens (tertiary/aromatic N) is 1. The molecule has 146 valence electrons. The van der Waals surface area contributed by atoms with Gasteiger partial charge in [-0.15, -0.1) is 0 Å². The molecule has 0 N–H and O–H groups in total. The van der Waals surface area contributed by atoms with Gasteiger partial charge >= 0.3 is 6.09 Å². The zero-order chi connectivity index (χ0) is 19.7. The number of sulfone groups is 1. The van der Waals surface area contributed by atoms with Crippen molar-refractivity contribution in [2.45, 2.75) is 36.8 Å². The summed E-state index contributed by atoms with van der Waals surface area (Å²) in [5.41, 5.74) is 2.43. The number of carbonyl (C=O) groups is 1. The third-order valence-electron chi connectivity index (χ3n) is 5.15. The van der Waals surface area contributed by atoms with Gasteiger partial charge in [-0.3, -0.25) is 0 Å². The van der Waals surface area contributed by atoms with E-state index in [1.165, 1.54) is 5.41 Å². The second kappa shape index (κ2) is 7.72. The topological polar surface area (TPSA) is 63.7 Å². The molecule has 0 spiro atoms. The van der Waals surface area contributed by atoms with Crippen molar-refractivity contribution >= 4 is 31.9 Å². The van der Waals surface area contributed by atoms with Gasteiger partial charge in [0.25, 0.3) is 0 Å². The van der Waals surface area contributed by atoms with E-state index in [4.69, 9.17) is 4.74 Å². The molecule has 1 amide bonds. The van der Waals surface area contributed by atoms with Gasteiger partial charge in [-0.2, -0.15) is 0 Å². The summed E-state index contributed by atoms with van der Waals surface area (Å²) in [5, 5.41) is 1.34. The predicted octanol–water partition coefficient (Wildman–Crippen LogP) is 4.46. The van der Waals surface area contributed by atoms with Crippen LogP contribution in [0, 0.1) is 0 Å². The Morgan fingerprint density at radius 1 is 1.18 bits per heavy atom. The summed E-state index contributed by atoms with van der Waals surface area (Å²) in [7, 11) is -3.51. The van der Waals surface area contributed by atoms with Gasteiger partial charge in [-0.1, -0.05) is 46.3 Å². The first-order valence-corrected chi connectivity index (χ1v) is 11.5. The van der Waals surface area contributed by atoms with Crippen molar-refractivity contribution in [1.82, 2.24) is 4.90 Å². The fourth-order valence-corrected chi connectivity index (χ4v) is 5.79. The van der Waals surface area contributed by atoms with E-state index in [9.17, 15) is 13.2 Å². The van der Waals surface area contributed by atoms with Crippen LogP contribution in [0.15, 0.2) is 68.9 Å². The van der Waals surface area contributed by atoms with E-state index in [1.54, 1.807) is 17.0 Å². The first-order valence-electron chi connectivity index (χ1n) is 9.15. The van der Waals surface area contributed by atoms with Crippen molar-refractivity contribution in [1.29, 1.82) is 0 Å². The van der Waals surface area contributed by atoms with Crippen LogP contribution in [0.1, 0.15) is 24.0 Å². The smallest absolute Gasteiger partial charge is 0.410 e. The average molecular weight is 462 g/mol. The lowest BCUT2D eigenvalue weighted by molar-refractivity contribution is 0.0960. The Kier molecular flexibility index (Phi) is 5.29. The van der Waals surface area contributed by atoms with Gasteiger partial charge in [0, 0.05) is 16.4 Å². The normalized spacial score (nSPS) is 20.4. The van der Waals surface area contributed by atoms with Gasteiger partial charge in [0.1, 0.15) is 6.61 Å². The second-order valence-corrected chi connectivity index (χ2v) is 9.74. The van der Waals surface area contributed by atoms with Crippen LogP contribution in [0.25, 0.3) is 0 Å². The maximum atomic E-state index is 12.7. The fraction of sp³-hybridized carbons (Fsp3) is 0.286. The SMILES string of the molecule is O=C(OCc1ccccc1)N1CCC[C@H]1C1=CS(=O)(=O)c2ccc(Br)cc2C1. The Bertz CT molecular complexity index is 1030. The second-order valence-electron chi connectivity index (χ2n) is 7.06. The fourth-order valence-electron chi connectivity index (χ4n) is 3.86. The highest BCUT2D eigenvalue weighted by molar-refractivity contribution is 9.10. The Hall–Kier alpha value is -2.12. The monoisotopic (exact) mass is 461 g/mol. The molecule has 2 aliphatic heterocycles. The van der Waals surface area contributed by atoms with Crippen molar-refractivity contribution in [2.24, 2.45) is 0 Å². The van der Waals surface area contributed by atoms with E-state index in [2.05, 4.69) is 15.9 Å². The van der Waals surface area contributed by atoms with Gasteiger partial charge in [0.15, 0.2) is 9.84 Å². The molecule has 2 aliphatic rings. The molecule has 0 saturated carbocycles. The maximum Gasteiger partial charge on any atom is 0.410 e. The molecule has 5 nitrogen and oxygen atoms in total. The third-order valence-corrected chi connectivity index (χ3v) is 7.27. The van der Waals surface area contributed by atoms with Gasteiger partial charge in [0.2, 0.25) is 0 Å². The molecule has 0 aromatic heterocycles. The van der Waals surface area contributed by atoms with Crippen LogP contribution in [0.2, 0.25) is 0 Å². The maximum absolute atomic E-state index is 12.7. The number of amides is 1. The molecule has 2 aromatic rings. The van der Waals surface area contributed by atoms with Crippen molar-refractivity contribution in [3.8, 4) is 0 Å². The van der Waals surface area contributed by atoms with Crippen LogP contribution in [-0.2, 0) is 27.6 Å². The van der Waals surface area contributed by atoms with Crippen LogP contribution < -0.4 is 0 Å². The highest BCUT2D eigenvalue weighted by atomic mass is 79.9. The summed E-state index contributed by atoms with van der Waals surface area (Å²) in [6.45, 7) is 0.775. The molecule has 1 fully saturated rings. The van der Waals surface area contributed by atoms with Crippen molar-refractivity contribution in [2.75, 3.05) is 6.54 Å². The molecule has 0 bridgehead atoms. The summed E-state index contributed by atoms with van der Waals surface area (Å²) in [4.78, 5) is 14.7. The predicted molar refractivity (Wildman–Crippen MR) is 109 cm³/mol. The van der Waals surface area contributed by atoms with E-state index in [0.29, 0.717) is 17.9 Å².